The van der Waals surface area contributed by atoms with Gasteiger partial charge in [0.15, 0.2) is 5.96 Å². The van der Waals surface area contributed by atoms with Gasteiger partial charge in [0.1, 0.15) is 5.75 Å². The number of aryl methyl sites for hydroxylation is 1. The number of aliphatic imine (C=N–C) groups is 1. The van der Waals surface area contributed by atoms with Crippen molar-refractivity contribution in [3.8, 4) is 5.75 Å². The van der Waals surface area contributed by atoms with Gasteiger partial charge < -0.3 is 20.3 Å². The lowest BCUT2D eigenvalue weighted by molar-refractivity contribution is -0.138. The summed E-state index contributed by atoms with van der Waals surface area (Å²) in [6.07, 6.45) is 4.09. The van der Waals surface area contributed by atoms with E-state index in [2.05, 4.69) is 21.7 Å². The maximum absolute atomic E-state index is 12.7. The molecule has 6 nitrogen and oxygen atoms in total. The van der Waals surface area contributed by atoms with Gasteiger partial charge in [-0.3, -0.25) is 9.79 Å². The van der Waals surface area contributed by atoms with Gasteiger partial charge in [0.2, 0.25) is 5.91 Å². The highest BCUT2D eigenvalue weighted by atomic mass is 127. The Balaban J connectivity index is 0.00000364. The van der Waals surface area contributed by atoms with E-state index in [0.717, 1.165) is 48.5 Å². The van der Waals surface area contributed by atoms with Crippen LogP contribution in [0, 0.1) is 12.3 Å². The fourth-order valence-corrected chi connectivity index (χ4v) is 3.70. The van der Waals surface area contributed by atoms with Crippen LogP contribution in [0.5, 0.6) is 5.75 Å². The average Bonchev–Trinajstić information content (AvgIpc) is 3.11. The van der Waals surface area contributed by atoms with Crippen LogP contribution in [0.1, 0.15) is 36.8 Å². The molecule has 1 saturated carbocycles. The van der Waals surface area contributed by atoms with E-state index in [1.54, 1.807) is 19.1 Å². The molecular formula is C20H33IN4O2. The first-order valence-electron chi connectivity index (χ1n) is 9.21. The maximum Gasteiger partial charge on any atom is 0.230 e. The van der Waals surface area contributed by atoms with Gasteiger partial charge >= 0.3 is 0 Å². The minimum atomic E-state index is -0.308. The minimum Gasteiger partial charge on any atom is -0.496 e. The van der Waals surface area contributed by atoms with Crippen molar-refractivity contribution in [3.05, 3.63) is 29.3 Å². The molecule has 1 fully saturated rings. The molecule has 1 aliphatic carbocycles. The fourth-order valence-electron chi connectivity index (χ4n) is 3.70. The molecule has 2 N–H and O–H groups in total. The van der Waals surface area contributed by atoms with Crippen molar-refractivity contribution in [1.29, 1.82) is 0 Å². The molecule has 0 unspecified atom stereocenters. The number of ether oxygens (including phenoxy) is 1. The summed E-state index contributed by atoms with van der Waals surface area (Å²) in [7, 11) is 7.10. The van der Waals surface area contributed by atoms with Gasteiger partial charge in [-0.15, -0.1) is 24.0 Å². The molecule has 0 aromatic heterocycles. The predicted molar refractivity (Wildman–Crippen MR) is 121 cm³/mol. The van der Waals surface area contributed by atoms with E-state index < -0.39 is 0 Å². The molecule has 1 aliphatic rings. The molecule has 1 aromatic carbocycles. The minimum absolute atomic E-state index is 0. The van der Waals surface area contributed by atoms with E-state index in [0.29, 0.717) is 13.1 Å². The number of guanidine groups is 1. The first-order valence-corrected chi connectivity index (χ1v) is 9.21. The zero-order chi connectivity index (χ0) is 19.2. The maximum atomic E-state index is 12.7. The summed E-state index contributed by atoms with van der Waals surface area (Å²) in [5, 5.41) is 6.69. The Morgan fingerprint density at radius 2 is 1.93 bits per heavy atom. The molecule has 1 aromatic rings. The van der Waals surface area contributed by atoms with Crippen LogP contribution in [0.4, 0.5) is 0 Å². The Morgan fingerprint density at radius 3 is 2.44 bits per heavy atom. The Labute approximate surface area is 180 Å². The van der Waals surface area contributed by atoms with Gasteiger partial charge in [0.05, 0.1) is 12.5 Å². The van der Waals surface area contributed by atoms with Crippen LogP contribution in [0.2, 0.25) is 0 Å². The molecule has 27 heavy (non-hydrogen) atoms. The Hall–Kier alpha value is -1.51. The third-order valence-corrected chi connectivity index (χ3v) is 5.16. The molecule has 0 bridgehead atoms. The number of methoxy groups -OCH3 is 1. The largest absolute Gasteiger partial charge is 0.496 e. The standard InChI is InChI=1S/C20H32N4O2.HI/c1-15-12-16(8-9-17(15)26-5)13-22-19(21-2)23-14-20(10-6-7-11-20)18(25)24(3)4;/h8-9,12H,6-7,10-11,13-14H2,1-5H3,(H2,21,22,23);1H. The highest BCUT2D eigenvalue weighted by Gasteiger charge is 2.42. The summed E-state index contributed by atoms with van der Waals surface area (Å²) >= 11 is 0. The summed E-state index contributed by atoms with van der Waals surface area (Å²) in [6, 6.07) is 6.12. The number of carbonyl (C=O) groups is 1. The molecular weight excluding hydrogens is 455 g/mol. The first-order chi connectivity index (χ1) is 12.4. The van der Waals surface area contributed by atoms with Crippen LogP contribution in [0.3, 0.4) is 0 Å². The number of amides is 1. The van der Waals surface area contributed by atoms with Crippen molar-refractivity contribution in [3.63, 3.8) is 0 Å². The van der Waals surface area contributed by atoms with Crippen LogP contribution in [0.25, 0.3) is 0 Å². The summed E-state index contributed by atoms with van der Waals surface area (Å²) < 4.78 is 5.30. The Bertz CT molecular complexity index is 655. The van der Waals surface area contributed by atoms with Crippen LogP contribution in [-0.2, 0) is 11.3 Å². The van der Waals surface area contributed by atoms with Gasteiger partial charge in [-0.25, -0.2) is 0 Å². The summed E-state index contributed by atoms with van der Waals surface area (Å²) in [5.41, 5.74) is 1.96. The molecule has 0 spiro atoms. The van der Waals surface area contributed by atoms with Crippen molar-refractivity contribution in [2.75, 3.05) is 34.8 Å². The van der Waals surface area contributed by atoms with Crippen molar-refractivity contribution in [2.24, 2.45) is 10.4 Å². The molecule has 0 atom stereocenters. The van der Waals surface area contributed by atoms with Gasteiger partial charge in [0.25, 0.3) is 0 Å². The molecule has 1 amide bonds. The molecule has 7 heteroatoms. The smallest absolute Gasteiger partial charge is 0.230 e. The number of nitrogens with zero attached hydrogens (tertiary/aromatic N) is 2. The second-order valence-corrected chi connectivity index (χ2v) is 7.27. The van der Waals surface area contributed by atoms with Crippen molar-refractivity contribution in [2.45, 2.75) is 39.2 Å². The van der Waals surface area contributed by atoms with E-state index in [9.17, 15) is 4.79 Å². The van der Waals surface area contributed by atoms with Gasteiger partial charge in [-0.1, -0.05) is 25.0 Å². The second kappa shape index (κ2) is 10.7. The van der Waals surface area contributed by atoms with Crippen LogP contribution in [0.15, 0.2) is 23.2 Å². The zero-order valence-corrected chi connectivity index (χ0v) is 19.4. The van der Waals surface area contributed by atoms with E-state index in [-0.39, 0.29) is 35.3 Å². The second-order valence-electron chi connectivity index (χ2n) is 7.27. The fraction of sp³-hybridized carbons (Fsp3) is 0.600. The number of benzene rings is 1. The lowest BCUT2D eigenvalue weighted by atomic mass is 9.84. The molecule has 0 saturated heterocycles. The first kappa shape index (κ1) is 23.5. The molecule has 0 heterocycles. The van der Waals surface area contributed by atoms with Crippen LogP contribution >= 0.6 is 24.0 Å². The summed E-state index contributed by atoms with van der Waals surface area (Å²) in [5.74, 6) is 1.82. The van der Waals surface area contributed by atoms with E-state index in [4.69, 9.17) is 4.74 Å². The van der Waals surface area contributed by atoms with Gasteiger partial charge in [-0.05, 0) is 37.0 Å². The van der Waals surface area contributed by atoms with Crippen LogP contribution in [-0.4, -0.2) is 51.6 Å². The normalized spacial score (nSPS) is 15.7. The highest BCUT2D eigenvalue weighted by Crippen LogP contribution is 2.38. The van der Waals surface area contributed by atoms with Crippen molar-refractivity contribution >= 4 is 35.8 Å². The molecule has 152 valence electrons. The van der Waals surface area contributed by atoms with E-state index >= 15 is 0 Å². The zero-order valence-electron chi connectivity index (χ0n) is 17.1. The number of nitrogens with one attached hydrogen (secondary N) is 2. The third kappa shape index (κ3) is 5.99. The lowest BCUT2D eigenvalue weighted by Gasteiger charge is -2.31. The lowest BCUT2D eigenvalue weighted by Crippen LogP contribution is -2.49. The Kier molecular flexibility index (Phi) is 9.35. The predicted octanol–water partition coefficient (Wildman–Crippen LogP) is 2.94. The van der Waals surface area contributed by atoms with Gasteiger partial charge in [-0.2, -0.15) is 0 Å². The number of hydrogen-bond donors (Lipinski definition) is 2. The quantitative estimate of drug-likeness (QED) is 0.367. The summed E-state index contributed by atoms with van der Waals surface area (Å²) in [4.78, 5) is 18.7. The van der Waals surface area contributed by atoms with E-state index in [1.165, 1.54) is 0 Å². The topological polar surface area (TPSA) is 66.0 Å². The average molecular weight is 488 g/mol. The van der Waals surface area contributed by atoms with Crippen molar-refractivity contribution < 1.29 is 9.53 Å². The Morgan fingerprint density at radius 1 is 1.26 bits per heavy atom. The SMILES string of the molecule is CN=C(NCc1ccc(OC)c(C)c1)NCC1(C(=O)N(C)C)CCCC1.I. The monoisotopic (exact) mass is 488 g/mol. The molecule has 0 aliphatic heterocycles. The van der Waals surface area contributed by atoms with Gasteiger partial charge in [0, 0.05) is 34.2 Å². The van der Waals surface area contributed by atoms with Crippen LogP contribution < -0.4 is 15.4 Å². The number of hydrogen-bond acceptors (Lipinski definition) is 3. The van der Waals surface area contributed by atoms with E-state index in [1.807, 2.05) is 33.2 Å². The van der Waals surface area contributed by atoms with Crippen molar-refractivity contribution in [1.82, 2.24) is 15.5 Å². The summed E-state index contributed by atoms with van der Waals surface area (Å²) in [6.45, 7) is 3.32. The highest BCUT2D eigenvalue weighted by molar-refractivity contribution is 14.0. The number of rotatable bonds is 6. The third-order valence-electron chi connectivity index (χ3n) is 5.16. The molecule has 0 radical (unpaired) electrons. The number of halogens is 1. The number of carbonyl (C=O) groups excluding carboxylic acids is 1. The molecule has 2 rings (SSSR count).